The second-order valence-corrected chi connectivity index (χ2v) is 13.0. The van der Waals surface area contributed by atoms with Crippen molar-refractivity contribution in [2.75, 3.05) is 33.2 Å². The average Bonchev–Trinajstić information content (AvgIpc) is 3.76. The Morgan fingerprint density at radius 2 is 1.88 bits per heavy atom. The van der Waals surface area contributed by atoms with Crippen LogP contribution >= 0.6 is 11.6 Å². The summed E-state index contributed by atoms with van der Waals surface area (Å²) in [5.41, 5.74) is 2.22. The number of fused-ring (bicyclic) bond motifs is 5. The van der Waals surface area contributed by atoms with Gasteiger partial charge in [-0.05, 0) is 51.3 Å². The molecule has 0 aliphatic carbocycles. The van der Waals surface area contributed by atoms with Crippen molar-refractivity contribution < 1.29 is 43.2 Å². The predicted octanol–water partition coefficient (Wildman–Crippen LogP) is 5.79. The number of amides is 3. The number of rotatable bonds is 4. The zero-order valence-electron chi connectivity index (χ0n) is 30.7. The summed E-state index contributed by atoms with van der Waals surface area (Å²) in [6.45, 7) is 12.9. The van der Waals surface area contributed by atoms with Crippen molar-refractivity contribution in [2.45, 2.75) is 110 Å². The van der Waals surface area contributed by atoms with Crippen LogP contribution in [0.25, 0.3) is 0 Å². The van der Waals surface area contributed by atoms with E-state index in [4.69, 9.17) is 35.7 Å². The molecule has 0 aromatic heterocycles. The van der Waals surface area contributed by atoms with Crippen LogP contribution in [-0.4, -0.2) is 98.2 Å². The van der Waals surface area contributed by atoms with E-state index < -0.39 is 23.7 Å². The van der Waals surface area contributed by atoms with Crippen LogP contribution in [0.5, 0.6) is 5.75 Å². The first-order chi connectivity index (χ1) is 23.0. The Hall–Kier alpha value is -3.61. The highest BCUT2D eigenvalue weighted by molar-refractivity contribution is 6.35. The van der Waals surface area contributed by atoms with E-state index in [1.807, 2.05) is 65.0 Å². The van der Waals surface area contributed by atoms with E-state index >= 15 is 0 Å². The second kappa shape index (κ2) is 18.4. The zero-order chi connectivity index (χ0) is 37.2. The molecule has 13 heteroatoms. The van der Waals surface area contributed by atoms with Crippen molar-refractivity contribution in [3.05, 3.63) is 46.5 Å². The monoisotopic (exact) mass is 707 g/mol. The number of nitrogens with zero attached hydrogens (tertiary/aromatic N) is 2. The fraction of sp³-hybridized carbons (Fsp3) is 0.611. The quantitative estimate of drug-likeness (QED) is 0.371. The van der Waals surface area contributed by atoms with Crippen molar-refractivity contribution in [2.24, 2.45) is 5.92 Å². The Labute approximate surface area is 295 Å². The highest BCUT2D eigenvalue weighted by Crippen LogP contribution is 2.47. The summed E-state index contributed by atoms with van der Waals surface area (Å²) >= 11 is 6.62. The van der Waals surface area contributed by atoms with E-state index in [0.717, 1.165) is 11.1 Å². The van der Waals surface area contributed by atoms with Crippen LogP contribution in [-0.2, 0) is 35.0 Å². The number of methoxy groups -OCH3 is 2. The van der Waals surface area contributed by atoms with Crippen molar-refractivity contribution in [1.29, 1.82) is 0 Å². The van der Waals surface area contributed by atoms with E-state index in [1.54, 1.807) is 26.2 Å². The summed E-state index contributed by atoms with van der Waals surface area (Å²) in [5, 5.41) is 11.7. The molecule has 3 amide bonds. The van der Waals surface area contributed by atoms with Gasteiger partial charge in [0.05, 0.1) is 36.6 Å². The number of benzene rings is 1. The number of carbonyl (C=O) groups is 4. The normalized spacial score (nSPS) is 29.0. The largest absolute Gasteiger partial charge is 0.495 e. The van der Waals surface area contributed by atoms with Gasteiger partial charge in [0.1, 0.15) is 22.9 Å². The number of carbonyl (C=O) groups excluding carboxylic acids is 3. The summed E-state index contributed by atoms with van der Waals surface area (Å²) in [7, 11) is 6.40. The van der Waals surface area contributed by atoms with Crippen molar-refractivity contribution in [1.82, 2.24) is 10.2 Å². The summed E-state index contributed by atoms with van der Waals surface area (Å²) < 4.78 is 23.0. The van der Waals surface area contributed by atoms with Gasteiger partial charge in [0, 0.05) is 46.9 Å². The van der Waals surface area contributed by atoms with Crippen molar-refractivity contribution >= 4 is 41.2 Å². The van der Waals surface area contributed by atoms with Gasteiger partial charge in [-0.15, -0.1) is 0 Å². The Kier molecular flexibility index (Phi) is 15.6. The topological polar surface area (TPSA) is 147 Å². The van der Waals surface area contributed by atoms with E-state index in [-0.39, 0.29) is 42.1 Å². The molecule has 3 aliphatic heterocycles. The summed E-state index contributed by atoms with van der Waals surface area (Å²) in [6.07, 6.45) is 6.80. The van der Waals surface area contributed by atoms with Crippen LogP contribution in [0.3, 0.4) is 0 Å². The molecule has 4 rings (SSSR count). The number of likely N-dealkylation sites (N-methyl/N-ethyl adjacent to an activating group) is 1. The maximum Gasteiger partial charge on any atom is 0.407 e. The van der Waals surface area contributed by atoms with Gasteiger partial charge < -0.3 is 39.2 Å². The molecule has 1 aromatic rings. The van der Waals surface area contributed by atoms with Crippen molar-refractivity contribution in [3.8, 4) is 5.75 Å². The molecule has 2 N–H and O–H groups in total. The van der Waals surface area contributed by atoms with E-state index in [9.17, 15) is 19.2 Å². The smallest absolute Gasteiger partial charge is 0.407 e. The molecule has 274 valence electrons. The number of nitrogens with one attached hydrogen (secondary N) is 1. The first-order valence-corrected chi connectivity index (χ1v) is 17.0. The van der Waals surface area contributed by atoms with Gasteiger partial charge in [-0.2, -0.15) is 0 Å². The van der Waals surface area contributed by atoms with Crippen LogP contribution in [0.15, 0.2) is 35.9 Å². The Morgan fingerprint density at radius 1 is 1.22 bits per heavy atom. The number of hydrogen-bond donors (Lipinski definition) is 2. The molecule has 4 bridgehead atoms. The number of allylic oxidation sites excluding steroid dienone is 3. The van der Waals surface area contributed by atoms with Gasteiger partial charge in [0.2, 0.25) is 11.8 Å². The summed E-state index contributed by atoms with van der Waals surface area (Å²) in [4.78, 5) is 49.2. The lowest BCUT2D eigenvalue weighted by molar-refractivity contribution is -0.147. The second-order valence-electron chi connectivity index (χ2n) is 12.6. The highest BCUT2D eigenvalue weighted by Gasteiger charge is 2.57. The minimum Gasteiger partial charge on any atom is -0.495 e. The number of hydrogen-bond acceptors (Lipinski definition) is 8. The summed E-state index contributed by atoms with van der Waals surface area (Å²) in [5.74, 6) is -0.800. The van der Waals surface area contributed by atoms with Crippen LogP contribution in [0.4, 0.5) is 10.5 Å². The van der Waals surface area contributed by atoms with Gasteiger partial charge in [0.15, 0.2) is 0 Å². The average molecular weight is 708 g/mol. The molecule has 0 radical (unpaired) electrons. The number of carboxylic acids is 1. The van der Waals surface area contributed by atoms with Crippen LogP contribution in [0.2, 0.25) is 5.02 Å². The van der Waals surface area contributed by atoms with Crippen LogP contribution in [0.1, 0.15) is 73.3 Å². The SMILES string of the molecule is CC.CC(=O)N(C)[C@@H](C)C(=O)O.COc1cc2cc(c1Cl)N(C)C(=O)CC[C@]1(C)O[C@H]1[C@H](C)[C@@H]1CC(NC(=O)O1)[C@H](OC)/C=C/C=C(\C)C2. The molecule has 49 heavy (non-hydrogen) atoms. The maximum absolute atomic E-state index is 13.2. The number of ether oxygens (including phenoxy) is 4. The molecule has 3 aliphatic rings. The molecular weight excluding hydrogens is 654 g/mol. The Balaban J connectivity index is 0.000000598. The lowest BCUT2D eigenvalue weighted by Crippen LogP contribution is -2.53. The number of alkyl carbamates (subject to hydrolysis) is 1. The number of anilines is 1. The van der Waals surface area contributed by atoms with E-state index in [1.165, 1.54) is 25.8 Å². The maximum atomic E-state index is 13.2. The van der Waals surface area contributed by atoms with Gasteiger partial charge in [0.25, 0.3) is 0 Å². The molecule has 12 nitrogen and oxygen atoms in total. The molecule has 0 spiro atoms. The molecule has 2 fully saturated rings. The molecule has 2 saturated heterocycles. The Morgan fingerprint density at radius 3 is 2.43 bits per heavy atom. The zero-order valence-corrected chi connectivity index (χ0v) is 31.4. The van der Waals surface area contributed by atoms with Crippen LogP contribution in [0, 0.1) is 5.92 Å². The fourth-order valence-corrected chi connectivity index (χ4v) is 6.16. The minimum absolute atomic E-state index is 0.0347. The van der Waals surface area contributed by atoms with Gasteiger partial charge in [-0.1, -0.05) is 56.2 Å². The first kappa shape index (κ1) is 41.6. The van der Waals surface area contributed by atoms with Crippen molar-refractivity contribution in [3.63, 3.8) is 0 Å². The molecular formula is C36H54ClN3O9. The summed E-state index contributed by atoms with van der Waals surface area (Å²) in [6, 6.07) is 2.87. The number of carboxylic acid groups (broad SMARTS) is 1. The molecule has 1 aromatic carbocycles. The highest BCUT2D eigenvalue weighted by atomic mass is 35.5. The van der Waals surface area contributed by atoms with Gasteiger partial charge in [-0.25, -0.2) is 9.59 Å². The fourth-order valence-electron chi connectivity index (χ4n) is 5.85. The lowest BCUT2D eigenvalue weighted by Gasteiger charge is -2.35. The minimum atomic E-state index is -0.988. The molecule has 1 unspecified atom stereocenters. The third-order valence-corrected chi connectivity index (χ3v) is 9.57. The predicted molar refractivity (Wildman–Crippen MR) is 189 cm³/mol. The molecule has 7 atom stereocenters. The number of aliphatic carboxylic acids is 1. The van der Waals surface area contributed by atoms with E-state index in [2.05, 4.69) is 5.32 Å². The molecule has 3 heterocycles. The molecule has 0 saturated carbocycles. The van der Waals surface area contributed by atoms with Gasteiger partial charge >= 0.3 is 12.1 Å². The Bertz CT molecular complexity index is 1380. The first-order valence-electron chi connectivity index (χ1n) is 16.6. The van der Waals surface area contributed by atoms with Gasteiger partial charge in [-0.3, -0.25) is 9.59 Å². The van der Waals surface area contributed by atoms with E-state index in [0.29, 0.717) is 42.1 Å². The standard InChI is InChI=1S/C28H37ClN2O6.C6H11NO3.C2H6/c1-16-8-7-9-21(34-5)19-15-22(36-27(33)30-19)17(2)26-28(3,37-26)11-10-24(32)31(4)20-13-18(12-16)14-23(35-6)25(20)29;1-4(6(9)10)7(3)5(2)8;1-2/h7-9,13-14,17,19,21-22,26H,10-12,15H2,1-6H3,(H,30,33);4H,1-3H3,(H,9,10);1-2H3/b9-7+,16-8+;;/t17-,19?,21-,22+,26+,28+;4-;/m10./s1. The third-order valence-electron chi connectivity index (χ3n) is 9.19. The van der Waals surface area contributed by atoms with Crippen LogP contribution < -0.4 is 15.0 Å². The third kappa shape index (κ3) is 10.9. The number of halogens is 1. The number of epoxide rings is 1. The lowest BCUT2D eigenvalue weighted by atomic mass is 9.86.